The quantitative estimate of drug-likeness (QED) is 0.157. The van der Waals surface area contributed by atoms with Gasteiger partial charge in [-0.25, -0.2) is 4.98 Å². The van der Waals surface area contributed by atoms with Crippen LogP contribution in [0.15, 0.2) is 79.0 Å². The van der Waals surface area contributed by atoms with E-state index in [4.69, 9.17) is 15.8 Å². The van der Waals surface area contributed by atoms with Gasteiger partial charge < -0.3 is 10.2 Å². The Morgan fingerprint density at radius 1 is 1.13 bits per heavy atom. The average Bonchev–Trinajstić information content (AvgIpc) is 2.93. The fraction of sp³-hybridized carbons (Fsp3) is 0.273. The Morgan fingerprint density at radius 3 is 2.62 bits per heavy atom. The molecule has 1 aromatic heterocycles. The summed E-state index contributed by atoms with van der Waals surface area (Å²) in [5, 5.41) is 20.7. The molecule has 6 nitrogen and oxygen atoms in total. The molecular formula is C33H40N6. The maximum absolute atomic E-state index is 8.53. The second kappa shape index (κ2) is 14.0. The van der Waals surface area contributed by atoms with E-state index < -0.39 is 0 Å². The van der Waals surface area contributed by atoms with E-state index in [1.807, 2.05) is 31.2 Å². The average molecular weight is 521 g/mol. The van der Waals surface area contributed by atoms with Crippen LogP contribution >= 0.6 is 0 Å². The Balaban J connectivity index is 1.94. The summed E-state index contributed by atoms with van der Waals surface area (Å²) in [5.41, 5.74) is 8.54. The molecule has 0 aliphatic rings. The van der Waals surface area contributed by atoms with Crippen LogP contribution in [0, 0.1) is 24.7 Å². The molecule has 3 rings (SSSR count). The minimum atomic E-state index is 0.299. The Morgan fingerprint density at radius 2 is 1.92 bits per heavy atom. The maximum atomic E-state index is 8.53. The van der Waals surface area contributed by atoms with Crippen LogP contribution in [0.4, 0.5) is 5.69 Å². The number of aryl methyl sites for hydroxylation is 2. The van der Waals surface area contributed by atoms with Gasteiger partial charge in [-0.3, -0.25) is 15.8 Å². The molecule has 0 spiro atoms. The Kier molecular flexibility index (Phi) is 10.5. The summed E-state index contributed by atoms with van der Waals surface area (Å²) >= 11 is 0. The van der Waals surface area contributed by atoms with Crippen LogP contribution in [0.2, 0.25) is 0 Å². The molecular weight excluding hydrogens is 480 g/mol. The number of nitrogens with zero attached hydrogens (tertiary/aromatic N) is 3. The van der Waals surface area contributed by atoms with E-state index in [0.717, 1.165) is 64.8 Å². The minimum Gasteiger partial charge on any atom is -0.354 e. The van der Waals surface area contributed by atoms with Crippen molar-refractivity contribution in [3.05, 3.63) is 102 Å². The topological polar surface area (TPSA) is 88.2 Å². The van der Waals surface area contributed by atoms with Crippen molar-refractivity contribution in [2.24, 2.45) is 4.99 Å². The van der Waals surface area contributed by atoms with Crippen molar-refractivity contribution >= 4 is 40.2 Å². The van der Waals surface area contributed by atoms with Gasteiger partial charge in [0, 0.05) is 35.1 Å². The molecule has 0 atom stereocenters. The van der Waals surface area contributed by atoms with Crippen molar-refractivity contribution in [1.29, 1.82) is 10.8 Å². The van der Waals surface area contributed by atoms with Crippen LogP contribution in [0.3, 0.4) is 0 Å². The second-order valence-electron chi connectivity index (χ2n) is 9.59. The summed E-state index contributed by atoms with van der Waals surface area (Å²) in [6.45, 7) is 17.1. The standard InChI is InChI=1S/C33H40N6/c1-7-12-28(36-9-3)15-10-13-26-21-31(38-32-24(5)23(4)17-18-30(26)32)25(6)37-29-16-11-14-27(20-29)33(35)39(22-34)19-8-2/h9-11,14-18,20-22,34-35,37H,3,6-8,12-13,19H2,1-2,4-5H3/b15-10-,34-22?,35-33?,36-28?. The second-order valence-corrected chi connectivity index (χ2v) is 9.59. The highest BCUT2D eigenvalue weighted by Crippen LogP contribution is 2.27. The molecule has 2 aromatic carbocycles. The number of benzene rings is 2. The van der Waals surface area contributed by atoms with Crippen molar-refractivity contribution < 1.29 is 0 Å². The van der Waals surface area contributed by atoms with Crippen molar-refractivity contribution in [1.82, 2.24) is 9.88 Å². The lowest BCUT2D eigenvalue weighted by molar-refractivity contribution is 0.603. The Bertz CT molecular complexity index is 1430. The number of aromatic nitrogens is 1. The lowest BCUT2D eigenvalue weighted by Crippen LogP contribution is -2.30. The lowest BCUT2D eigenvalue weighted by Gasteiger charge is -2.20. The molecule has 0 saturated carbocycles. The fourth-order valence-corrected chi connectivity index (χ4v) is 4.44. The van der Waals surface area contributed by atoms with Gasteiger partial charge in [-0.1, -0.05) is 63.8 Å². The monoisotopic (exact) mass is 520 g/mol. The van der Waals surface area contributed by atoms with Gasteiger partial charge in [0.15, 0.2) is 0 Å². The molecule has 0 aliphatic heterocycles. The van der Waals surface area contributed by atoms with E-state index in [0.29, 0.717) is 18.1 Å². The van der Waals surface area contributed by atoms with Gasteiger partial charge in [-0.15, -0.1) is 0 Å². The first-order valence-corrected chi connectivity index (χ1v) is 13.5. The molecule has 0 fully saturated rings. The van der Waals surface area contributed by atoms with Gasteiger partial charge in [-0.2, -0.15) is 0 Å². The fourth-order valence-electron chi connectivity index (χ4n) is 4.44. The van der Waals surface area contributed by atoms with Crippen LogP contribution in [0.5, 0.6) is 0 Å². The number of fused-ring (bicyclic) bond motifs is 1. The Hall–Kier alpha value is -4.32. The molecule has 0 unspecified atom stereocenters. The van der Waals surface area contributed by atoms with Crippen molar-refractivity contribution in [3.8, 4) is 0 Å². The molecule has 1 heterocycles. The van der Waals surface area contributed by atoms with Crippen LogP contribution in [0.25, 0.3) is 16.6 Å². The van der Waals surface area contributed by atoms with Crippen LogP contribution in [-0.4, -0.2) is 34.3 Å². The number of pyridine rings is 1. The molecule has 0 bridgehead atoms. The number of rotatable bonds is 13. The van der Waals surface area contributed by atoms with Gasteiger partial charge in [0.2, 0.25) is 0 Å². The lowest BCUT2D eigenvalue weighted by atomic mass is 9.98. The van der Waals surface area contributed by atoms with E-state index in [1.54, 1.807) is 11.1 Å². The van der Waals surface area contributed by atoms with Crippen LogP contribution < -0.4 is 5.32 Å². The molecule has 0 radical (unpaired) electrons. The minimum absolute atomic E-state index is 0.299. The van der Waals surface area contributed by atoms with Crippen molar-refractivity contribution in [2.45, 2.75) is 53.4 Å². The number of amidine groups is 1. The van der Waals surface area contributed by atoms with Gasteiger partial charge in [0.1, 0.15) is 5.84 Å². The van der Waals surface area contributed by atoms with E-state index in [9.17, 15) is 0 Å². The summed E-state index contributed by atoms with van der Waals surface area (Å²) in [6, 6.07) is 14.1. The summed E-state index contributed by atoms with van der Waals surface area (Å²) in [4.78, 5) is 11.0. The van der Waals surface area contributed by atoms with Crippen LogP contribution in [0.1, 0.15) is 61.1 Å². The third kappa shape index (κ3) is 7.38. The summed E-state index contributed by atoms with van der Waals surface area (Å²) < 4.78 is 0. The third-order valence-corrected chi connectivity index (χ3v) is 6.65. The zero-order chi connectivity index (χ0) is 28.4. The molecule has 39 heavy (non-hydrogen) atoms. The highest BCUT2D eigenvalue weighted by Gasteiger charge is 2.13. The number of anilines is 1. The number of nitrogens with one attached hydrogen (secondary N) is 3. The van der Waals surface area contributed by atoms with Gasteiger partial charge in [0.05, 0.1) is 23.2 Å². The first kappa shape index (κ1) is 29.2. The van der Waals surface area contributed by atoms with Crippen molar-refractivity contribution in [2.75, 3.05) is 11.9 Å². The van der Waals surface area contributed by atoms with E-state index in [-0.39, 0.29) is 0 Å². The van der Waals surface area contributed by atoms with Gasteiger partial charge >= 0.3 is 0 Å². The highest BCUT2D eigenvalue weighted by molar-refractivity contribution is 6.03. The summed E-state index contributed by atoms with van der Waals surface area (Å²) in [6.07, 6.45) is 10.6. The van der Waals surface area contributed by atoms with Crippen molar-refractivity contribution in [3.63, 3.8) is 0 Å². The maximum Gasteiger partial charge on any atom is 0.133 e. The molecule has 6 heteroatoms. The first-order valence-electron chi connectivity index (χ1n) is 13.5. The molecule has 0 aliphatic carbocycles. The zero-order valence-electron chi connectivity index (χ0n) is 23.6. The van der Waals surface area contributed by atoms with Gasteiger partial charge in [-0.05, 0) is 74.1 Å². The third-order valence-electron chi connectivity index (χ3n) is 6.65. The van der Waals surface area contributed by atoms with E-state index in [2.05, 4.69) is 74.6 Å². The van der Waals surface area contributed by atoms with E-state index >= 15 is 0 Å². The molecule has 3 aromatic rings. The largest absolute Gasteiger partial charge is 0.354 e. The Labute approximate surface area is 232 Å². The smallest absolute Gasteiger partial charge is 0.133 e. The molecule has 0 amide bonds. The number of hydrogen-bond donors (Lipinski definition) is 3. The number of hydrogen-bond acceptors (Lipinski definition) is 5. The molecule has 202 valence electrons. The predicted octanol–water partition coefficient (Wildman–Crippen LogP) is 8.06. The normalized spacial score (nSPS) is 11.5. The van der Waals surface area contributed by atoms with Crippen LogP contribution in [-0.2, 0) is 6.42 Å². The molecule has 0 saturated heterocycles. The number of aliphatic imine (C=N–C) groups is 1. The molecule has 3 N–H and O–H groups in total. The van der Waals surface area contributed by atoms with Gasteiger partial charge in [0.25, 0.3) is 0 Å². The number of allylic oxidation sites excluding steroid dienone is 2. The highest BCUT2D eigenvalue weighted by atomic mass is 15.2. The predicted molar refractivity (Wildman–Crippen MR) is 168 cm³/mol. The zero-order valence-corrected chi connectivity index (χ0v) is 23.6. The first-order chi connectivity index (χ1) is 18.8. The SMILES string of the molecule is C=CN=C(/C=C\Cc1cc(C(=C)Nc2cccc(C(=N)N(C=N)CCC)c2)nc2c(C)c(C)ccc12)CCC. The summed E-state index contributed by atoms with van der Waals surface area (Å²) in [5.74, 6) is 0.299. The summed E-state index contributed by atoms with van der Waals surface area (Å²) in [7, 11) is 0. The van der Waals surface area contributed by atoms with E-state index in [1.165, 1.54) is 17.5 Å².